The molecule has 4 nitrogen and oxygen atoms in total. The van der Waals surface area contributed by atoms with Crippen molar-refractivity contribution in [1.29, 1.82) is 0 Å². The fourth-order valence-electron chi connectivity index (χ4n) is 6.54. The van der Waals surface area contributed by atoms with Crippen LogP contribution in [0.15, 0.2) is 182 Å². The molecule has 3 aromatic heterocycles. The van der Waals surface area contributed by atoms with Gasteiger partial charge >= 0.3 is 0 Å². The molecular weight excluding hydrogens is 597 g/mol. The topological polar surface area (TPSA) is 41.9 Å². The summed E-state index contributed by atoms with van der Waals surface area (Å²) in [6.45, 7) is 0. The first-order valence-corrected chi connectivity index (χ1v) is 16.4. The smallest absolute Gasteiger partial charge is 0.0702 e. The van der Waals surface area contributed by atoms with Gasteiger partial charge in [0.2, 0.25) is 0 Å². The second-order valence-corrected chi connectivity index (χ2v) is 12.2. The fourth-order valence-corrected chi connectivity index (χ4v) is 6.54. The number of anilines is 3. The molecular formula is C45H30N4. The zero-order valence-electron chi connectivity index (χ0n) is 26.6. The fraction of sp³-hybridized carbons (Fsp3) is 0. The van der Waals surface area contributed by atoms with Crippen LogP contribution in [0.1, 0.15) is 0 Å². The van der Waals surface area contributed by atoms with Crippen LogP contribution in [-0.4, -0.2) is 15.0 Å². The van der Waals surface area contributed by atoms with Gasteiger partial charge in [0.1, 0.15) is 0 Å². The maximum Gasteiger partial charge on any atom is 0.0702 e. The predicted octanol–water partition coefficient (Wildman–Crippen LogP) is 11.8. The van der Waals surface area contributed by atoms with Gasteiger partial charge in [-0.3, -0.25) is 15.0 Å². The van der Waals surface area contributed by atoms with E-state index in [4.69, 9.17) is 15.0 Å². The van der Waals surface area contributed by atoms with Crippen LogP contribution in [0.25, 0.3) is 66.1 Å². The van der Waals surface area contributed by atoms with Gasteiger partial charge in [-0.15, -0.1) is 0 Å². The van der Waals surface area contributed by atoms with Crippen molar-refractivity contribution >= 4 is 49.8 Å². The molecule has 4 heteroatoms. The number of fused-ring (bicyclic) bond motifs is 3. The third kappa shape index (κ3) is 5.56. The highest BCUT2D eigenvalue weighted by atomic mass is 15.1. The standard InChI is InChI=1S/C45H30N4/c1-4-10-43-34(7-1)25-37(28-46-43)31-13-19-40(20-14-31)49(41-21-15-32(16-22-41)38-26-35-8-2-5-11-44(35)47-29-38)42-23-17-33(18-24-42)39-27-36-9-3-6-12-45(36)48-30-39/h1-30H. The number of benzene rings is 6. The molecule has 0 radical (unpaired) electrons. The zero-order valence-corrected chi connectivity index (χ0v) is 26.6. The molecule has 0 unspecified atom stereocenters. The van der Waals surface area contributed by atoms with Gasteiger partial charge in [0.05, 0.1) is 16.6 Å². The molecule has 230 valence electrons. The lowest BCUT2D eigenvalue weighted by molar-refractivity contribution is 1.28. The first-order chi connectivity index (χ1) is 24.2. The van der Waals surface area contributed by atoms with Crippen molar-refractivity contribution < 1.29 is 0 Å². The van der Waals surface area contributed by atoms with Gasteiger partial charge in [-0.05, 0) is 89.5 Å². The third-order valence-electron chi connectivity index (χ3n) is 9.15. The Morgan fingerprint density at radius 2 is 0.571 bits per heavy atom. The zero-order chi connectivity index (χ0) is 32.6. The van der Waals surface area contributed by atoms with Crippen molar-refractivity contribution in [2.45, 2.75) is 0 Å². The molecule has 0 aliphatic carbocycles. The van der Waals surface area contributed by atoms with Crippen molar-refractivity contribution in [2.75, 3.05) is 4.90 Å². The Morgan fingerprint density at radius 1 is 0.286 bits per heavy atom. The summed E-state index contributed by atoms with van der Waals surface area (Å²) in [4.78, 5) is 16.4. The second kappa shape index (κ2) is 12.2. The average Bonchev–Trinajstić information content (AvgIpc) is 3.18. The third-order valence-corrected chi connectivity index (χ3v) is 9.15. The van der Waals surface area contributed by atoms with Crippen LogP contribution in [0.2, 0.25) is 0 Å². The summed E-state index contributed by atoms with van der Waals surface area (Å²) < 4.78 is 0. The Balaban J connectivity index is 1.09. The second-order valence-electron chi connectivity index (χ2n) is 12.2. The Morgan fingerprint density at radius 3 is 0.878 bits per heavy atom. The van der Waals surface area contributed by atoms with Crippen molar-refractivity contribution in [3.8, 4) is 33.4 Å². The Kier molecular flexibility index (Phi) is 7.10. The molecule has 0 fully saturated rings. The first kappa shape index (κ1) is 28.6. The lowest BCUT2D eigenvalue weighted by Gasteiger charge is -2.26. The molecule has 0 saturated carbocycles. The van der Waals surface area contributed by atoms with Gasteiger partial charge in [-0.2, -0.15) is 0 Å². The van der Waals surface area contributed by atoms with E-state index in [1.165, 1.54) is 0 Å². The molecule has 49 heavy (non-hydrogen) atoms. The van der Waals surface area contributed by atoms with Gasteiger partial charge in [0, 0.05) is 68.5 Å². The number of nitrogens with zero attached hydrogens (tertiary/aromatic N) is 4. The summed E-state index contributed by atoms with van der Waals surface area (Å²) in [5, 5.41) is 3.40. The molecule has 0 amide bonds. The van der Waals surface area contributed by atoms with Crippen LogP contribution in [0.4, 0.5) is 17.1 Å². The lowest BCUT2D eigenvalue weighted by atomic mass is 10.0. The highest BCUT2D eigenvalue weighted by Crippen LogP contribution is 2.38. The van der Waals surface area contributed by atoms with E-state index < -0.39 is 0 Å². The van der Waals surface area contributed by atoms with E-state index in [2.05, 4.69) is 132 Å². The minimum absolute atomic E-state index is 1.000. The van der Waals surface area contributed by atoms with E-state index in [0.29, 0.717) is 0 Å². The number of hydrogen-bond donors (Lipinski definition) is 0. The molecule has 3 heterocycles. The normalized spacial score (nSPS) is 11.3. The van der Waals surface area contributed by atoms with Gasteiger partial charge in [0.15, 0.2) is 0 Å². The summed E-state index contributed by atoms with van der Waals surface area (Å²) >= 11 is 0. The Bertz CT molecular complexity index is 2300. The monoisotopic (exact) mass is 626 g/mol. The number of aromatic nitrogens is 3. The van der Waals surface area contributed by atoms with Gasteiger partial charge in [-0.1, -0.05) is 91.0 Å². The van der Waals surface area contributed by atoms with Gasteiger partial charge in [-0.25, -0.2) is 0 Å². The number of pyridine rings is 3. The van der Waals surface area contributed by atoms with Crippen LogP contribution < -0.4 is 4.90 Å². The average molecular weight is 627 g/mol. The summed E-state index contributed by atoms with van der Waals surface area (Å²) in [5.41, 5.74) is 12.9. The number of rotatable bonds is 6. The van der Waals surface area contributed by atoms with Gasteiger partial charge in [0.25, 0.3) is 0 Å². The number of para-hydroxylation sites is 3. The molecule has 9 aromatic rings. The van der Waals surface area contributed by atoms with Crippen LogP contribution in [0.5, 0.6) is 0 Å². The van der Waals surface area contributed by atoms with E-state index in [-0.39, 0.29) is 0 Å². The summed E-state index contributed by atoms with van der Waals surface area (Å²) in [7, 11) is 0. The first-order valence-electron chi connectivity index (χ1n) is 16.4. The number of hydrogen-bond acceptors (Lipinski definition) is 4. The van der Waals surface area contributed by atoms with E-state index >= 15 is 0 Å². The Hall–Kier alpha value is -6.65. The molecule has 0 aliphatic rings. The van der Waals surface area contributed by atoms with Crippen LogP contribution in [0, 0.1) is 0 Å². The summed E-state index contributed by atoms with van der Waals surface area (Å²) in [6.07, 6.45) is 5.86. The molecule has 9 rings (SSSR count). The van der Waals surface area contributed by atoms with E-state index in [0.717, 1.165) is 83.2 Å². The molecule has 0 atom stereocenters. The van der Waals surface area contributed by atoms with Gasteiger partial charge < -0.3 is 4.90 Å². The summed E-state index contributed by atoms with van der Waals surface area (Å²) in [6, 6.07) is 57.5. The minimum Gasteiger partial charge on any atom is -0.311 e. The minimum atomic E-state index is 1.000. The summed E-state index contributed by atoms with van der Waals surface area (Å²) in [5.74, 6) is 0. The SMILES string of the molecule is c1ccc2ncc(-c3ccc(N(c4ccc(-c5cnc6ccccc6c5)cc4)c4ccc(-c5cnc6ccccc6c5)cc4)cc3)cc2c1. The molecule has 6 aromatic carbocycles. The van der Waals surface area contributed by atoms with Crippen molar-refractivity contribution in [1.82, 2.24) is 15.0 Å². The lowest BCUT2D eigenvalue weighted by Crippen LogP contribution is -2.09. The van der Waals surface area contributed by atoms with E-state index in [9.17, 15) is 0 Å². The molecule has 0 bridgehead atoms. The van der Waals surface area contributed by atoms with Crippen LogP contribution in [-0.2, 0) is 0 Å². The highest BCUT2D eigenvalue weighted by molar-refractivity contribution is 5.87. The van der Waals surface area contributed by atoms with E-state index in [1.54, 1.807) is 0 Å². The largest absolute Gasteiger partial charge is 0.311 e. The molecule has 0 spiro atoms. The van der Waals surface area contributed by atoms with Crippen molar-refractivity contribution in [2.24, 2.45) is 0 Å². The maximum atomic E-state index is 4.69. The van der Waals surface area contributed by atoms with E-state index in [1.807, 2.05) is 55.0 Å². The van der Waals surface area contributed by atoms with Crippen LogP contribution in [0.3, 0.4) is 0 Å². The quantitative estimate of drug-likeness (QED) is 0.184. The van der Waals surface area contributed by atoms with Crippen molar-refractivity contribution in [3.05, 3.63) is 182 Å². The van der Waals surface area contributed by atoms with Crippen LogP contribution >= 0.6 is 0 Å². The predicted molar refractivity (Wildman–Crippen MR) is 203 cm³/mol. The molecule has 0 N–H and O–H groups in total. The highest BCUT2D eigenvalue weighted by Gasteiger charge is 2.14. The molecule has 0 aliphatic heterocycles. The Labute approximate surface area is 284 Å². The van der Waals surface area contributed by atoms with Crippen molar-refractivity contribution in [3.63, 3.8) is 0 Å². The maximum absolute atomic E-state index is 4.69. The molecule has 0 saturated heterocycles.